The lowest BCUT2D eigenvalue weighted by atomic mass is 9.96. The summed E-state index contributed by atoms with van der Waals surface area (Å²) in [4.78, 5) is 0. The van der Waals surface area contributed by atoms with Crippen LogP contribution in [0, 0.1) is 23.2 Å². The van der Waals surface area contributed by atoms with Gasteiger partial charge in [-0.1, -0.05) is 51.9 Å². The molecule has 0 N–H and O–H groups in total. The topological polar surface area (TPSA) is 23.8 Å². The van der Waals surface area contributed by atoms with Crippen LogP contribution in [-0.4, -0.2) is 0 Å². The summed E-state index contributed by atoms with van der Waals surface area (Å²) >= 11 is 0. The second kappa shape index (κ2) is 6.87. The number of hydrogen-bond donors (Lipinski definition) is 0. The Morgan fingerprint density at radius 3 is 2.00 bits per heavy atom. The van der Waals surface area contributed by atoms with E-state index in [9.17, 15) is 0 Å². The highest BCUT2D eigenvalue weighted by molar-refractivity contribution is 4.82. The van der Waals surface area contributed by atoms with Crippen LogP contribution in [-0.2, 0) is 0 Å². The number of nitriles is 1. The van der Waals surface area contributed by atoms with E-state index in [0.717, 1.165) is 18.8 Å². The van der Waals surface area contributed by atoms with Gasteiger partial charge in [0.05, 0.1) is 6.07 Å². The Balaban J connectivity index is 2.30. The van der Waals surface area contributed by atoms with Crippen molar-refractivity contribution >= 4 is 0 Å². The minimum atomic E-state index is 0.350. The molecule has 0 bridgehead atoms. The molecule has 14 heavy (non-hydrogen) atoms. The molecule has 1 aliphatic rings. The molecule has 1 aliphatic carbocycles. The molecule has 0 amide bonds. The van der Waals surface area contributed by atoms with Gasteiger partial charge in [0.2, 0.25) is 0 Å². The Labute approximate surface area is 88.5 Å². The van der Waals surface area contributed by atoms with Crippen molar-refractivity contribution in [3.05, 3.63) is 0 Å². The van der Waals surface area contributed by atoms with E-state index in [1.54, 1.807) is 0 Å². The van der Waals surface area contributed by atoms with E-state index in [-0.39, 0.29) is 0 Å². The molecule has 80 valence electrons. The highest BCUT2D eigenvalue weighted by Crippen LogP contribution is 2.23. The van der Waals surface area contributed by atoms with Gasteiger partial charge in [-0.15, -0.1) is 0 Å². The second-order valence-corrected chi connectivity index (χ2v) is 4.85. The smallest absolute Gasteiger partial charge is 0.0655 e. The average Bonchev–Trinajstić information content (AvgIpc) is 2.23. The Bertz CT molecular complexity index is 180. The van der Waals surface area contributed by atoms with Crippen molar-refractivity contribution in [2.24, 2.45) is 11.8 Å². The third-order valence-electron chi connectivity index (χ3n) is 3.43. The van der Waals surface area contributed by atoms with Crippen molar-refractivity contribution in [3.8, 4) is 6.07 Å². The Kier molecular flexibility index (Phi) is 5.68. The molecule has 2 unspecified atom stereocenters. The van der Waals surface area contributed by atoms with E-state index < -0.39 is 0 Å². The van der Waals surface area contributed by atoms with E-state index in [1.807, 2.05) is 0 Å². The quantitative estimate of drug-likeness (QED) is 0.563. The summed E-state index contributed by atoms with van der Waals surface area (Å²) < 4.78 is 0. The van der Waals surface area contributed by atoms with Gasteiger partial charge >= 0.3 is 0 Å². The van der Waals surface area contributed by atoms with E-state index in [4.69, 9.17) is 5.26 Å². The first kappa shape index (κ1) is 11.6. The molecular formula is C13H23N. The van der Waals surface area contributed by atoms with Gasteiger partial charge in [0.15, 0.2) is 0 Å². The number of nitrogens with zero attached hydrogens (tertiary/aromatic N) is 1. The zero-order valence-corrected chi connectivity index (χ0v) is 9.47. The zero-order valence-electron chi connectivity index (χ0n) is 9.47. The first-order valence-corrected chi connectivity index (χ1v) is 6.22. The minimum Gasteiger partial charge on any atom is -0.198 e. The molecule has 1 nitrogen and oxygen atoms in total. The Morgan fingerprint density at radius 2 is 1.36 bits per heavy atom. The molecule has 0 aromatic carbocycles. The van der Waals surface area contributed by atoms with Gasteiger partial charge in [-0.05, 0) is 18.8 Å². The van der Waals surface area contributed by atoms with Crippen molar-refractivity contribution in [2.45, 2.75) is 64.7 Å². The maximum atomic E-state index is 8.94. The van der Waals surface area contributed by atoms with Crippen molar-refractivity contribution in [2.75, 3.05) is 0 Å². The van der Waals surface area contributed by atoms with E-state index >= 15 is 0 Å². The van der Waals surface area contributed by atoms with Crippen LogP contribution in [0.15, 0.2) is 0 Å². The molecule has 0 heterocycles. The van der Waals surface area contributed by atoms with Crippen LogP contribution in [0.3, 0.4) is 0 Å². The van der Waals surface area contributed by atoms with Crippen molar-refractivity contribution in [1.29, 1.82) is 5.26 Å². The van der Waals surface area contributed by atoms with Gasteiger partial charge in [-0.2, -0.15) is 5.26 Å². The summed E-state index contributed by atoms with van der Waals surface area (Å²) in [5.74, 6) is 1.26. The minimum absolute atomic E-state index is 0.350. The SMILES string of the molecule is CC1CCCCCC(C#N)CCCC1. The maximum absolute atomic E-state index is 8.94. The summed E-state index contributed by atoms with van der Waals surface area (Å²) in [6.07, 6.45) is 11.6. The maximum Gasteiger partial charge on any atom is 0.0655 e. The molecule has 0 aromatic heterocycles. The van der Waals surface area contributed by atoms with Crippen molar-refractivity contribution in [1.82, 2.24) is 0 Å². The first-order chi connectivity index (χ1) is 6.83. The molecule has 1 heteroatoms. The fraction of sp³-hybridized carbons (Fsp3) is 0.923. The van der Waals surface area contributed by atoms with E-state index in [1.165, 1.54) is 44.9 Å². The normalized spacial score (nSPS) is 31.4. The monoisotopic (exact) mass is 193 g/mol. The van der Waals surface area contributed by atoms with Crippen LogP contribution in [0.5, 0.6) is 0 Å². The van der Waals surface area contributed by atoms with Crippen molar-refractivity contribution < 1.29 is 0 Å². The Morgan fingerprint density at radius 1 is 0.857 bits per heavy atom. The van der Waals surface area contributed by atoms with Crippen LogP contribution in [0.1, 0.15) is 64.7 Å². The summed E-state index contributed by atoms with van der Waals surface area (Å²) in [6, 6.07) is 2.45. The van der Waals surface area contributed by atoms with Gasteiger partial charge in [0.25, 0.3) is 0 Å². The molecule has 0 radical (unpaired) electrons. The molecule has 0 spiro atoms. The highest BCUT2D eigenvalue weighted by Gasteiger charge is 2.10. The molecular weight excluding hydrogens is 170 g/mol. The standard InChI is InChI=1S/C13H23N/c1-12-7-3-2-4-9-13(11-14)10-6-5-8-12/h12-13H,2-10H2,1H3. The lowest BCUT2D eigenvalue weighted by Crippen LogP contribution is -1.97. The summed E-state index contributed by atoms with van der Waals surface area (Å²) in [5.41, 5.74) is 0. The van der Waals surface area contributed by atoms with E-state index in [2.05, 4.69) is 13.0 Å². The highest BCUT2D eigenvalue weighted by atomic mass is 14.3. The van der Waals surface area contributed by atoms with Gasteiger partial charge < -0.3 is 0 Å². The summed E-state index contributed by atoms with van der Waals surface area (Å²) in [5, 5.41) is 8.94. The summed E-state index contributed by atoms with van der Waals surface area (Å²) in [6.45, 7) is 2.37. The predicted molar refractivity (Wildman–Crippen MR) is 59.8 cm³/mol. The molecule has 1 fully saturated rings. The Hall–Kier alpha value is -0.510. The van der Waals surface area contributed by atoms with Gasteiger partial charge in [-0.25, -0.2) is 0 Å². The molecule has 1 saturated carbocycles. The number of hydrogen-bond acceptors (Lipinski definition) is 1. The fourth-order valence-electron chi connectivity index (χ4n) is 2.36. The van der Waals surface area contributed by atoms with Crippen LogP contribution in [0.2, 0.25) is 0 Å². The van der Waals surface area contributed by atoms with Crippen molar-refractivity contribution in [3.63, 3.8) is 0 Å². The van der Waals surface area contributed by atoms with Crippen LogP contribution in [0.4, 0.5) is 0 Å². The van der Waals surface area contributed by atoms with Crippen LogP contribution < -0.4 is 0 Å². The predicted octanol–water partition coefficient (Wildman–Crippen LogP) is 4.29. The molecule has 0 aliphatic heterocycles. The molecule has 2 atom stereocenters. The van der Waals surface area contributed by atoms with Crippen LogP contribution in [0.25, 0.3) is 0 Å². The molecule has 0 saturated heterocycles. The third-order valence-corrected chi connectivity index (χ3v) is 3.43. The lowest BCUT2D eigenvalue weighted by Gasteiger charge is -2.09. The van der Waals surface area contributed by atoms with Gasteiger partial charge in [0.1, 0.15) is 0 Å². The molecule has 1 rings (SSSR count). The van der Waals surface area contributed by atoms with Gasteiger partial charge in [0, 0.05) is 5.92 Å². The summed E-state index contributed by atoms with van der Waals surface area (Å²) in [7, 11) is 0. The lowest BCUT2D eigenvalue weighted by molar-refractivity contribution is 0.445. The fourth-order valence-corrected chi connectivity index (χ4v) is 2.36. The zero-order chi connectivity index (χ0) is 10.2. The molecule has 0 aromatic rings. The van der Waals surface area contributed by atoms with Crippen LogP contribution >= 0.6 is 0 Å². The number of rotatable bonds is 0. The largest absolute Gasteiger partial charge is 0.198 e. The van der Waals surface area contributed by atoms with Gasteiger partial charge in [-0.3, -0.25) is 0 Å². The average molecular weight is 193 g/mol. The second-order valence-electron chi connectivity index (χ2n) is 4.85. The third kappa shape index (κ3) is 4.65. The van der Waals surface area contributed by atoms with E-state index in [0.29, 0.717) is 5.92 Å². The first-order valence-electron chi connectivity index (χ1n) is 6.22.